The first kappa shape index (κ1) is 13.2. The Morgan fingerprint density at radius 3 is 2.81 bits per heavy atom. The Morgan fingerprint density at radius 2 is 2.19 bits per heavy atom. The maximum absolute atomic E-state index is 11.8. The molecule has 0 spiro atoms. The summed E-state index contributed by atoms with van der Waals surface area (Å²) in [5.41, 5.74) is 0. The second-order valence-corrected chi connectivity index (χ2v) is 4.61. The lowest BCUT2D eigenvalue weighted by Crippen LogP contribution is -2.35. The van der Waals surface area contributed by atoms with Gasteiger partial charge in [0.05, 0.1) is 5.92 Å². The van der Waals surface area contributed by atoms with Crippen LogP contribution in [0, 0.1) is 5.92 Å². The number of hydrogen-bond donors (Lipinski definition) is 0. The van der Waals surface area contributed by atoms with Gasteiger partial charge in [0, 0.05) is 13.3 Å². The molecule has 0 radical (unpaired) electrons. The highest BCUT2D eigenvalue weighted by molar-refractivity contribution is 5.82. The van der Waals surface area contributed by atoms with Gasteiger partial charge < -0.3 is 4.74 Å². The third-order valence-corrected chi connectivity index (χ3v) is 3.21. The third-order valence-electron chi connectivity index (χ3n) is 3.21. The van der Waals surface area contributed by atoms with Gasteiger partial charge in [-0.2, -0.15) is 0 Å². The van der Waals surface area contributed by atoms with E-state index in [0.717, 1.165) is 38.5 Å². The molecule has 0 amide bonds. The van der Waals surface area contributed by atoms with Crippen molar-refractivity contribution in [2.45, 2.75) is 64.9 Å². The van der Waals surface area contributed by atoms with Gasteiger partial charge in [-0.25, -0.2) is 0 Å². The van der Waals surface area contributed by atoms with E-state index in [1.807, 2.05) is 0 Å². The van der Waals surface area contributed by atoms with Crippen LogP contribution in [0.3, 0.4) is 0 Å². The summed E-state index contributed by atoms with van der Waals surface area (Å²) in [6, 6.07) is 0. The van der Waals surface area contributed by atoms with Crippen molar-refractivity contribution in [2.75, 3.05) is 0 Å². The third kappa shape index (κ3) is 3.95. The first-order chi connectivity index (χ1) is 7.65. The highest BCUT2D eigenvalue weighted by atomic mass is 16.5. The lowest BCUT2D eigenvalue weighted by Gasteiger charge is -2.29. The van der Waals surface area contributed by atoms with Crippen molar-refractivity contribution in [3.05, 3.63) is 0 Å². The Kier molecular flexibility index (Phi) is 5.50. The summed E-state index contributed by atoms with van der Waals surface area (Å²) in [5, 5.41) is 0. The monoisotopic (exact) mass is 226 g/mol. The van der Waals surface area contributed by atoms with Gasteiger partial charge in [-0.05, 0) is 19.3 Å². The van der Waals surface area contributed by atoms with Crippen LogP contribution in [0.15, 0.2) is 0 Å². The molecule has 16 heavy (non-hydrogen) atoms. The summed E-state index contributed by atoms with van der Waals surface area (Å²) >= 11 is 0. The first-order valence-electron chi connectivity index (χ1n) is 6.35. The van der Waals surface area contributed by atoms with Crippen LogP contribution in [-0.4, -0.2) is 17.9 Å². The Bertz CT molecular complexity index is 248. The largest absolute Gasteiger partial charge is 0.462 e. The van der Waals surface area contributed by atoms with Crippen LogP contribution in [0.1, 0.15) is 58.8 Å². The van der Waals surface area contributed by atoms with E-state index >= 15 is 0 Å². The first-order valence-corrected chi connectivity index (χ1v) is 6.35. The predicted octanol–water partition coefficient (Wildman–Crippen LogP) is 2.87. The number of ketones is 1. The van der Waals surface area contributed by atoms with Crippen LogP contribution in [0.5, 0.6) is 0 Å². The second-order valence-electron chi connectivity index (χ2n) is 4.61. The zero-order chi connectivity index (χ0) is 12.0. The van der Waals surface area contributed by atoms with Crippen molar-refractivity contribution < 1.29 is 14.3 Å². The second kappa shape index (κ2) is 6.66. The number of rotatable bonds is 5. The van der Waals surface area contributed by atoms with Crippen LogP contribution in [-0.2, 0) is 14.3 Å². The standard InChI is InChI=1S/C13H22O3/c1-3-4-5-7-11-12(15)8-6-9-13(11)16-10(2)14/h11,13H,3-9H2,1-2H3/t11-,13-/m1/s1. The predicted molar refractivity (Wildman–Crippen MR) is 62.0 cm³/mol. The van der Waals surface area contributed by atoms with E-state index in [0.29, 0.717) is 6.42 Å². The Morgan fingerprint density at radius 1 is 1.44 bits per heavy atom. The molecule has 3 nitrogen and oxygen atoms in total. The molecule has 0 aromatic heterocycles. The van der Waals surface area contributed by atoms with E-state index in [-0.39, 0.29) is 23.8 Å². The van der Waals surface area contributed by atoms with Crippen LogP contribution >= 0.6 is 0 Å². The van der Waals surface area contributed by atoms with Gasteiger partial charge in [0.15, 0.2) is 0 Å². The van der Waals surface area contributed by atoms with E-state index < -0.39 is 0 Å². The molecule has 0 aliphatic heterocycles. The summed E-state index contributed by atoms with van der Waals surface area (Å²) in [5.74, 6) is -0.0157. The summed E-state index contributed by atoms with van der Waals surface area (Å²) in [7, 11) is 0. The fraction of sp³-hybridized carbons (Fsp3) is 0.846. The molecule has 1 aliphatic rings. The molecular formula is C13H22O3. The molecule has 1 rings (SSSR count). The number of carbonyl (C=O) groups is 2. The number of unbranched alkanes of at least 4 members (excludes halogenated alkanes) is 2. The normalized spacial score (nSPS) is 25.5. The van der Waals surface area contributed by atoms with Gasteiger partial charge in [-0.1, -0.05) is 26.2 Å². The molecule has 1 aliphatic carbocycles. The van der Waals surface area contributed by atoms with Crippen LogP contribution in [0.2, 0.25) is 0 Å². The number of Topliss-reactive ketones (excluding diaryl/α,β-unsaturated/α-hetero) is 1. The van der Waals surface area contributed by atoms with Gasteiger partial charge in [-0.15, -0.1) is 0 Å². The van der Waals surface area contributed by atoms with Crippen LogP contribution < -0.4 is 0 Å². The van der Waals surface area contributed by atoms with Gasteiger partial charge in [0.1, 0.15) is 11.9 Å². The van der Waals surface area contributed by atoms with Crippen molar-refractivity contribution in [2.24, 2.45) is 5.92 Å². The van der Waals surface area contributed by atoms with Crippen LogP contribution in [0.4, 0.5) is 0 Å². The summed E-state index contributed by atoms with van der Waals surface area (Å²) < 4.78 is 5.25. The molecule has 0 aromatic rings. The quantitative estimate of drug-likeness (QED) is 0.535. The molecule has 0 N–H and O–H groups in total. The van der Waals surface area contributed by atoms with Crippen LogP contribution in [0.25, 0.3) is 0 Å². The van der Waals surface area contributed by atoms with Crippen molar-refractivity contribution >= 4 is 11.8 Å². The van der Waals surface area contributed by atoms with Crippen molar-refractivity contribution in [3.63, 3.8) is 0 Å². The van der Waals surface area contributed by atoms with Gasteiger partial charge in [0.2, 0.25) is 0 Å². The van der Waals surface area contributed by atoms with Crippen molar-refractivity contribution in [1.82, 2.24) is 0 Å². The minimum Gasteiger partial charge on any atom is -0.462 e. The Balaban J connectivity index is 2.49. The van der Waals surface area contributed by atoms with E-state index in [2.05, 4.69) is 6.92 Å². The molecule has 0 aromatic carbocycles. The minimum atomic E-state index is -0.264. The average molecular weight is 226 g/mol. The molecule has 0 bridgehead atoms. The van der Waals surface area contributed by atoms with E-state index in [1.54, 1.807) is 0 Å². The zero-order valence-electron chi connectivity index (χ0n) is 10.3. The molecule has 0 heterocycles. The van der Waals surface area contributed by atoms with E-state index in [9.17, 15) is 9.59 Å². The fourth-order valence-electron chi connectivity index (χ4n) is 2.39. The molecule has 0 unspecified atom stereocenters. The SMILES string of the molecule is CCCCC[C@@H]1C(=O)CCC[C@H]1OC(C)=O. The number of carbonyl (C=O) groups excluding carboxylic acids is 2. The molecule has 2 atom stereocenters. The highest BCUT2D eigenvalue weighted by Gasteiger charge is 2.33. The minimum absolute atomic E-state index is 0.0378. The summed E-state index contributed by atoms with van der Waals surface area (Å²) in [4.78, 5) is 22.7. The smallest absolute Gasteiger partial charge is 0.302 e. The van der Waals surface area contributed by atoms with E-state index in [1.165, 1.54) is 6.92 Å². The lowest BCUT2D eigenvalue weighted by molar-refractivity contribution is -0.153. The maximum atomic E-state index is 11.8. The summed E-state index contributed by atoms with van der Waals surface area (Å²) in [6.45, 7) is 3.56. The number of ether oxygens (including phenoxy) is 1. The average Bonchev–Trinajstić information content (AvgIpc) is 2.21. The molecule has 3 heteroatoms. The molecular weight excluding hydrogens is 204 g/mol. The lowest BCUT2D eigenvalue weighted by atomic mass is 9.82. The van der Waals surface area contributed by atoms with E-state index in [4.69, 9.17) is 4.74 Å². The fourth-order valence-corrected chi connectivity index (χ4v) is 2.39. The maximum Gasteiger partial charge on any atom is 0.302 e. The number of esters is 1. The van der Waals surface area contributed by atoms with Crippen molar-refractivity contribution in [1.29, 1.82) is 0 Å². The van der Waals surface area contributed by atoms with Gasteiger partial charge in [-0.3, -0.25) is 9.59 Å². The van der Waals surface area contributed by atoms with Gasteiger partial charge >= 0.3 is 5.97 Å². The Labute approximate surface area is 97.5 Å². The summed E-state index contributed by atoms with van der Waals surface area (Å²) in [6.07, 6.45) is 6.46. The molecule has 1 saturated carbocycles. The van der Waals surface area contributed by atoms with Gasteiger partial charge in [0.25, 0.3) is 0 Å². The molecule has 0 saturated heterocycles. The zero-order valence-corrected chi connectivity index (χ0v) is 10.3. The van der Waals surface area contributed by atoms with Crippen molar-refractivity contribution in [3.8, 4) is 0 Å². The number of hydrogen-bond acceptors (Lipinski definition) is 3. The molecule has 92 valence electrons. The topological polar surface area (TPSA) is 43.4 Å². The highest BCUT2D eigenvalue weighted by Crippen LogP contribution is 2.28. The molecule has 1 fully saturated rings. The Hall–Kier alpha value is -0.860.